The molecule has 0 saturated carbocycles. The van der Waals surface area contributed by atoms with Crippen LogP contribution in [0.2, 0.25) is 0 Å². The number of rotatable bonds is 17. The third kappa shape index (κ3) is 9.91. The minimum absolute atomic E-state index is 0.0310. The van der Waals surface area contributed by atoms with Crippen LogP contribution in [0, 0.1) is 11.6 Å². The number of benzene rings is 4. The third-order valence-corrected chi connectivity index (χ3v) is 8.67. The second-order valence-corrected chi connectivity index (χ2v) is 12.4. The Kier molecular flexibility index (Phi) is 13.5. The van der Waals surface area contributed by atoms with Crippen molar-refractivity contribution < 1.29 is 58.9 Å². The number of ketones is 1. The van der Waals surface area contributed by atoms with E-state index in [0.717, 1.165) is 12.1 Å². The van der Waals surface area contributed by atoms with Crippen LogP contribution in [-0.2, 0) is 28.4 Å². The lowest BCUT2D eigenvalue weighted by Crippen LogP contribution is -2.14. The summed E-state index contributed by atoms with van der Waals surface area (Å²) < 4.78 is 139. The van der Waals surface area contributed by atoms with Gasteiger partial charge in [-0.15, -0.1) is 0 Å². The van der Waals surface area contributed by atoms with Crippen LogP contribution in [0.25, 0.3) is 33.9 Å². The number of Topliss-reactive ketones (excluding diaryl/α,β-unsaturated/α-hetero) is 1. The van der Waals surface area contributed by atoms with Gasteiger partial charge in [0.1, 0.15) is 34.7 Å². The molecule has 8 nitrogen and oxygen atoms in total. The first kappa shape index (κ1) is 41.8. The van der Waals surface area contributed by atoms with E-state index in [4.69, 9.17) is 24.7 Å². The SMILES string of the molecule is COc1ccc(-c2nc(-c3ccc(C(F)(F)F)cc3C(F)(F)F)n(Cc3ccc(C(=O)CCCOCCOCCN)cc3)c2-c2ccc(OC)cc2F)c(F)c1. The van der Waals surface area contributed by atoms with E-state index in [1.807, 2.05) is 0 Å². The van der Waals surface area contributed by atoms with Gasteiger partial charge in [-0.3, -0.25) is 4.79 Å². The highest BCUT2D eigenvalue weighted by molar-refractivity contribution is 5.96. The molecule has 0 aliphatic carbocycles. The quantitative estimate of drug-likeness (QED) is 0.0570. The van der Waals surface area contributed by atoms with Crippen LogP contribution in [0.1, 0.15) is 39.9 Å². The van der Waals surface area contributed by atoms with Gasteiger partial charge in [0.15, 0.2) is 5.78 Å². The smallest absolute Gasteiger partial charge is 0.417 e. The van der Waals surface area contributed by atoms with Gasteiger partial charge in [-0.2, -0.15) is 26.3 Å². The molecule has 1 heterocycles. The lowest BCUT2D eigenvalue weighted by Gasteiger charge is -2.18. The van der Waals surface area contributed by atoms with Crippen molar-refractivity contribution >= 4 is 5.78 Å². The molecule has 2 N–H and O–H groups in total. The Hall–Kier alpha value is -5.32. The summed E-state index contributed by atoms with van der Waals surface area (Å²) in [5, 5.41) is 0. The lowest BCUT2D eigenvalue weighted by atomic mass is 10.0. The first-order valence-corrected chi connectivity index (χ1v) is 17.2. The first-order chi connectivity index (χ1) is 26.7. The minimum Gasteiger partial charge on any atom is -0.497 e. The molecule has 0 fully saturated rings. The van der Waals surface area contributed by atoms with Crippen molar-refractivity contribution in [3.8, 4) is 45.4 Å². The number of methoxy groups -OCH3 is 2. The molecule has 4 aromatic carbocycles. The summed E-state index contributed by atoms with van der Waals surface area (Å²) in [4.78, 5) is 17.4. The zero-order chi connectivity index (χ0) is 40.6. The number of hydrogen-bond acceptors (Lipinski definition) is 7. The molecule has 0 amide bonds. The maximum absolute atomic E-state index is 16.0. The fourth-order valence-electron chi connectivity index (χ4n) is 5.92. The molecular weight excluding hydrogens is 754 g/mol. The summed E-state index contributed by atoms with van der Waals surface area (Å²) in [7, 11) is 2.58. The molecule has 16 heteroatoms. The van der Waals surface area contributed by atoms with Crippen LogP contribution in [0.5, 0.6) is 11.5 Å². The molecule has 0 atom stereocenters. The molecule has 0 spiro atoms. The average molecular weight is 792 g/mol. The normalized spacial score (nSPS) is 11.9. The van der Waals surface area contributed by atoms with Crippen LogP contribution >= 0.6 is 0 Å². The molecular formula is C40H37F8N3O5. The van der Waals surface area contributed by atoms with Gasteiger partial charge in [0.25, 0.3) is 0 Å². The van der Waals surface area contributed by atoms with E-state index in [2.05, 4.69) is 4.98 Å². The highest BCUT2D eigenvalue weighted by Crippen LogP contribution is 2.45. The number of carbonyl (C=O) groups excluding carboxylic acids is 1. The number of nitrogens with zero attached hydrogens (tertiary/aromatic N) is 2. The monoisotopic (exact) mass is 791 g/mol. The van der Waals surface area contributed by atoms with E-state index in [1.165, 1.54) is 67.3 Å². The number of ether oxygens (including phenoxy) is 4. The summed E-state index contributed by atoms with van der Waals surface area (Å²) in [6, 6.07) is 14.4. The Balaban J connectivity index is 1.64. The zero-order valence-corrected chi connectivity index (χ0v) is 30.2. The number of imidazole rings is 1. The summed E-state index contributed by atoms with van der Waals surface area (Å²) in [5.41, 5.74) is 1.09. The number of halogens is 8. The molecule has 0 bridgehead atoms. The van der Waals surface area contributed by atoms with Crippen LogP contribution < -0.4 is 15.2 Å². The predicted octanol–water partition coefficient (Wildman–Crippen LogP) is 9.22. The topological polar surface area (TPSA) is 97.8 Å². The number of hydrogen-bond donors (Lipinski definition) is 1. The van der Waals surface area contributed by atoms with Gasteiger partial charge in [0.2, 0.25) is 0 Å². The van der Waals surface area contributed by atoms with Crippen LogP contribution in [0.15, 0.2) is 78.9 Å². The van der Waals surface area contributed by atoms with Crippen molar-refractivity contribution in [2.24, 2.45) is 5.73 Å². The van der Waals surface area contributed by atoms with Gasteiger partial charge in [-0.1, -0.05) is 30.3 Å². The Labute approximate surface area is 316 Å². The minimum atomic E-state index is -5.31. The average Bonchev–Trinajstić information content (AvgIpc) is 3.52. The highest BCUT2D eigenvalue weighted by Gasteiger charge is 2.40. The van der Waals surface area contributed by atoms with Gasteiger partial charge < -0.3 is 29.2 Å². The third-order valence-electron chi connectivity index (χ3n) is 8.67. The van der Waals surface area contributed by atoms with Gasteiger partial charge in [0, 0.05) is 60.5 Å². The molecule has 0 unspecified atom stereocenters. The Morgan fingerprint density at radius 1 is 0.714 bits per heavy atom. The van der Waals surface area contributed by atoms with Gasteiger partial charge in [-0.25, -0.2) is 13.8 Å². The van der Waals surface area contributed by atoms with Gasteiger partial charge in [0.05, 0.1) is 50.9 Å². The fourth-order valence-corrected chi connectivity index (χ4v) is 5.92. The van der Waals surface area contributed by atoms with Crippen LogP contribution in [0.3, 0.4) is 0 Å². The molecule has 5 rings (SSSR count). The predicted molar refractivity (Wildman–Crippen MR) is 191 cm³/mol. The summed E-state index contributed by atoms with van der Waals surface area (Å²) in [6.45, 7) is 1.47. The van der Waals surface area contributed by atoms with Crippen LogP contribution in [-0.4, -0.2) is 62.5 Å². The van der Waals surface area contributed by atoms with Crippen molar-refractivity contribution in [3.05, 3.63) is 113 Å². The van der Waals surface area contributed by atoms with Crippen molar-refractivity contribution in [1.29, 1.82) is 0 Å². The number of alkyl halides is 6. The van der Waals surface area contributed by atoms with Crippen LogP contribution in [0.4, 0.5) is 35.1 Å². The Morgan fingerprint density at radius 3 is 1.86 bits per heavy atom. The van der Waals surface area contributed by atoms with Crippen molar-refractivity contribution in [2.45, 2.75) is 31.7 Å². The van der Waals surface area contributed by atoms with E-state index >= 15 is 8.78 Å². The van der Waals surface area contributed by atoms with Crippen molar-refractivity contribution in [2.75, 3.05) is 47.2 Å². The van der Waals surface area contributed by atoms with E-state index in [-0.39, 0.29) is 58.8 Å². The van der Waals surface area contributed by atoms with E-state index < -0.39 is 46.5 Å². The zero-order valence-electron chi connectivity index (χ0n) is 30.2. The first-order valence-electron chi connectivity index (χ1n) is 17.2. The number of carbonyl (C=O) groups is 1. The van der Waals surface area contributed by atoms with Gasteiger partial charge >= 0.3 is 12.4 Å². The van der Waals surface area contributed by atoms with Crippen molar-refractivity contribution in [3.63, 3.8) is 0 Å². The van der Waals surface area contributed by atoms with E-state index in [9.17, 15) is 31.1 Å². The summed E-state index contributed by atoms with van der Waals surface area (Å²) in [5.74, 6) is -2.38. The number of aromatic nitrogens is 2. The Morgan fingerprint density at radius 2 is 1.30 bits per heavy atom. The number of nitrogens with two attached hydrogens (primary N) is 1. The molecule has 298 valence electrons. The Bertz CT molecular complexity index is 2130. The molecule has 1 aromatic heterocycles. The second kappa shape index (κ2) is 18.1. The maximum atomic E-state index is 16.0. The lowest BCUT2D eigenvalue weighted by molar-refractivity contribution is -0.142. The van der Waals surface area contributed by atoms with Gasteiger partial charge in [-0.05, 0) is 48.4 Å². The van der Waals surface area contributed by atoms with E-state index in [0.29, 0.717) is 62.7 Å². The van der Waals surface area contributed by atoms with Crippen molar-refractivity contribution in [1.82, 2.24) is 9.55 Å². The molecule has 0 aliphatic heterocycles. The molecule has 0 saturated heterocycles. The maximum Gasteiger partial charge on any atom is 0.417 e. The molecule has 0 radical (unpaired) electrons. The largest absolute Gasteiger partial charge is 0.497 e. The fraction of sp³-hybridized carbons (Fsp3) is 0.300. The molecule has 56 heavy (non-hydrogen) atoms. The summed E-state index contributed by atoms with van der Waals surface area (Å²) >= 11 is 0. The highest BCUT2D eigenvalue weighted by atomic mass is 19.4. The standard InChI is InChI=1S/C40H37F8N3O5/c1-53-27-10-13-30(33(41)21-27)36-37(31-14-11-28(54-2)22-34(31)42)51(38(50-36)29-12-9-26(39(43,44)45)20-32(29)40(46,47)48)23-24-5-7-25(8-6-24)35(52)4-3-16-55-18-19-56-17-15-49/h5-14,20-22H,3-4,15-19,23,49H2,1-2H3. The second-order valence-electron chi connectivity index (χ2n) is 12.4. The van der Waals surface area contributed by atoms with E-state index in [1.54, 1.807) is 0 Å². The molecule has 0 aliphatic rings. The molecule has 5 aromatic rings. The summed E-state index contributed by atoms with van der Waals surface area (Å²) in [6.07, 6.45) is -9.85.